The maximum atomic E-state index is 5.59. The van der Waals surface area contributed by atoms with E-state index in [1.165, 1.54) is 19.4 Å². The predicted octanol–water partition coefficient (Wildman–Crippen LogP) is 0.00860. The first kappa shape index (κ1) is 6.91. The molecule has 2 nitrogen and oxygen atoms in total. The zero-order valence-electron chi connectivity index (χ0n) is 5.16. The average molecular weight is 292 g/mol. The van der Waals surface area contributed by atoms with Crippen molar-refractivity contribution in [3.05, 3.63) is 24.0 Å². The van der Waals surface area contributed by atoms with Gasteiger partial charge < -0.3 is 0 Å². The Morgan fingerprint density at radius 1 is 1.78 bits per heavy atom. The molecule has 0 aromatic carbocycles. The van der Waals surface area contributed by atoms with Gasteiger partial charge in [-0.2, -0.15) is 0 Å². The molecule has 0 bridgehead atoms. The van der Waals surface area contributed by atoms with Crippen molar-refractivity contribution < 1.29 is 19.4 Å². The Hall–Kier alpha value is -0.202. The van der Waals surface area contributed by atoms with Crippen LogP contribution in [0.15, 0.2) is 18.3 Å². The molecular formula is C6H8N2W. The molecule has 48 valence electrons. The van der Waals surface area contributed by atoms with Gasteiger partial charge in [-0.15, -0.1) is 0 Å². The molecule has 0 aliphatic heterocycles. The van der Waals surface area contributed by atoms with E-state index in [0.717, 1.165) is 9.72 Å². The van der Waals surface area contributed by atoms with Crippen LogP contribution in [0.5, 0.6) is 0 Å². The summed E-state index contributed by atoms with van der Waals surface area (Å²) in [6.45, 7) is 0. The quantitative estimate of drug-likeness (QED) is 0.776. The molecule has 0 amide bonds. The van der Waals surface area contributed by atoms with Gasteiger partial charge in [-0.3, -0.25) is 0 Å². The summed E-state index contributed by atoms with van der Waals surface area (Å²) in [4.78, 5) is 0. The molecule has 2 N–H and O–H groups in total. The van der Waals surface area contributed by atoms with Crippen molar-refractivity contribution in [2.24, 2.45) is 12.8 Å². The van der Waals surface area contributed by atoms with Gasteiger partial charge in [0.1, 0.15) is 0 Å². The first-order valence-electron chi connectivity index (χ1n) is 2.63. The van der Waals surface area contributed by atoms with Gasteiger partial charge in [-0.25, -0.2) is 0 Å². The number of aromatic nitrogens is 1. The first-order valence-corrected chi connectivity index (χ1v) is 4.09. The molecule has 0 unspecified atom stereocenters. The van der Waals surface area contributed by atoms with E-state index in [0.29, 0.717) is 0 Å². The van der Waals surface area contributed by atoms with Gasteiger partial charge in [0, 0.05) is 0 Å². The molecule has 0 saturated carbocycles. The molecule has 0 aliphatic rings. The molecule has 0 radical (unpaired) electrons. The number of hydrogen-bond donors (Lipinski definition) is 1. The summed E-state index contributed by atoms with van der Waals surface area (Å²) in [7, 11) is 1.99. The molecule has 3 heteroatoms. The molecule has 9 heavy (non-hydrogen) atoms. The second kappa shape index (κ2) is 2.59. The van der Waals surface area contributed by atoms with Crippen molar-refractivity contribution in [2.45, 2.75) is 0 Å². The van der Waals surface area contributed by atoms with Crippen LogP contribution in [0.1, 0.15) is 5.69 Å². The molecule has 0 saturated heterocycles. The van der Waals surface area contributed by atoms with E-state index in [1.54, 1.807) is 0 Å². The Labute approximate surface area is 65.1 Å². The van der Waals surface area contributed by atoms with E-state index in [4.69, 9.17) is 5.73 Å². The van der Waals surface area contributed by atoms with Gasteiger partial charge in [0.05, 0.1) is 0 Å². The van der Waals surface area contributed by atoms with Crippen LogP contribution >= 0.6 is 0 Å². The van der Waals surface area contributed by atoms with Crippen LogP contribution in [-0.4, -0.2) is 8.59 Å². The second-order valence-electron chi connectivity index (χ2n) is 1.87. The molecule has 1 rings (SSSR count). The second-order valence-corrected chi connectivity index (χ2v) is 3.45. The summed E-state index contributed by atoms with van der Waals surface area (Å²) in [5.74, 6) is 0. The number of hydrogen-bond acceptors (Lipinski definition) is 1. The summed E-state index contributed by atoms with van der Waals surface area (Å²) in [6.07, 6.45) is 1.99. The minimum absolute atomic E-state index is 0.947. The number of rotatable bonds is 1. The zero-order valence-corrected chi connectivity index (χ0v) is 8.10. The van der Waals surface area contributed by atoms with Crippen LogP contribution in [0.3, 0.4) is 0 Å². The topological polar surface area (TPSA) is 30.9 Å². The zero-order chi connectivity index (χ0) is 6.85. The monoisotopic (exact) mass is 292 g/mol. The Morgan fingerprint density at radius 2 is 2.44 bits per heavy atom. The Balaban J connectivity index is 3.08. The van der Waals surface area contributed by atoms with E-state index in [1.807, 2.05) is 29.9 Å². The van der Waals surface area contributed by atoms with Crippen molar-refractivity contribution in [3.8, 4) is 0 Å². The van der Waals surface area contributed by atoms with E-state index in [9.17, 15) is 0 Å². The summed E-state index contributed by atoms with van der Waals surface area (Å²) >= 11 is 1.33. The van der Waals surface area contributed by atoms with E-state index in [-0.39, 0.29) is 0 Å². The third kappa shape index (κ3) is 1.38. The first-order chi connectivity index (χ1) is 4.22. The van der Waals surface area contributed by atoms with Crippen LogP contribution in [0.25, 0.3) is 0 Å². The van der Waals surface area contributed by atoms with Crippen molar-refractivity contribution in [1.29, 1.82) is 0 Å². The number of nitrogens with zero attached hydrogens (tertiary/aromatic N) is 1. The maximum absolute atomic E-state index is 5.59. The molecule has 0 aliphatic carbocycles. The van der Waals surface area contributed by atoms with E-state index >= 15 is 0 Å². The fraction of sp³-hybridized carbons (Fsp3) is 0.167. The average Bonchev–Trinajstić information content (AvgIpc) is 2.13. The van der Waals surface area contributed by atoms with Gasteiger partial charge in [-0.1, -0.05) is 0 Å². The van der Waals surface area contributed by atoms with Crippen LogP contribution in [0, 0.1) is 0 Å². The Kier molecular flexibility index (Phi) is 1.99. The van der Waals surface area contributed by atoms with Crippen molar-refractivity contribution in [3.63, 3.8) is 0 Å². The predicted molar refractivity (Wildman–Crippen MR) is 33.7 cm³/mol. The third-order valence-corrected chi connectivity index (χ3v) is 1.95. The van der Waals surface area contributed by atoms with Crippen molar-refractivity contribution >= 4 is 4.02 Å². The van der Waals surface area contributed by atoms with Gasteiger partial charge in [0.2, 0.25) is 0 Å². The SMILES string of the molecule is Cn1cccc1[C](N)=[W]. The normalized spacial score (nSPS) is 9.56. The molecular weight excluding hydrogens is 284 g/mol. The molecule has 1 aromatic rings. The molecule has 0 spiro atoms. The van der Waals surface area contributed by atoms with Gasteiger partial charge >= 0.3 is 64.7 Å². The molecule has 0 atom stereocenters. The summed E-state index contributed by atoms with van der Waals surface area (Å²) < 4.78 is 2.96. The van der Waals surface area contributed by atoms with Gasteiger partial charge in [0.25, 0.3) is 0 Å². The standard InChI is InChI=1S/C6H8N2.W/c1-8-4-2-3-6(8)5-7;/h2-4H,7H2,1H3;. The van der Waals surface area contributed by atoms with Crippen LogP contribution in [0.4, 0.5) is 0 Å². The number of aryl methyl sites for hydroxylation is 1. The van der Waals surface area contributed by atoms with Gasteiger partial charge in [-0.05, 0) is 0 Å². The van der Waals surface area contributed by atoms with Gasteiger partial charge in [0.15, 0.2) is 0 Å². The van der Waals surface area contributed by atoms with E-state index < -0.39 is 0 Å². The van der Waals surface area contributed by atoms with Crippen LogP contribution < -0.4 is 5.73 Å². The summed E-state index contributed by atoms with van der Waals surface area (Å²) in [5.41, 5.74) is 6.72. The molecule has 1 heterocycles. The van der Waals surface area contributed by atoms with Crippen molar-refractivity contribution in [1.82, 2.24) is 4.57 Å². The summed E-state index contributed by atoms with van der Waals surface area (Å²) in [6, 6.07) is 4.01. The van der Waals surface area contributed by atoms with Crippen molar-refractivity contribution in [2.75, 3.05) is 0 Å². The van der Waals surface area contributed by atoms with Crippen LogP contribution in [0.2, 0.25) is 0 Å². The summed E-state index contributed by atoms with van der Waals surface area (Å²) in [5, 5.41) is 0. The fourth-order valence-corrected chi connectivity index (χ4v) is 1.48. The Morgan fingerprint density at radius 3 is 2.67 bits per heavy atom. The molecule has 0 fully saturated rings. The third-order valence-electron chi connectivity index (χ3n) is 1.20. The minimum atomic E-state index is 0.947. The molecule has 1 aromatic heterocycles. The van der Waals surface area contributed by atoms with E-state index in [2.05, 4.69) is 0 Å². The Bertz CT molecular complexity index is 227. The van der Waals surface area contributed by atoms with Crippen LogP contribution in [-0.2, 0) is 26.4 Å². The number of nitrogens with two attached hydrogens (primary N) is 1. The fourth-order valence-electron chi connectivity index (χ4n) is 0.717.